The smallest absolute Gasteiger partial charge is 0.215 e. The molecule has 4 aromatic carbocycles. The van der Waals surface area contributed by atoms with Crippen molar-refractivity contribution in [3.8, 4) is 0 Å². The van der Waals surface area contributed by atoms with Crippen LogP contribution in [-0.4, -0.2) is 22.3 Å². The molecule has 38 heavy (non-hydrogen) atoms. The molecule has 0 saturated heterocycles. The minimum atomic E-state index is -0.131. The van der Waals surface area contributed by atoms with Crippen LogP contribution in [0.1, 0.15) is 32.0 Å². The Hall–Kier alpha value is -5.36. The number of fused-ring (bicyclic) bond motifs is 4. The maximum Gasteiger partial charge on any atom is 0.215 e. The number of H-pyrrole nitrogens is 1. The van der Waals surface area contributed by atoms with Crippen LogP contribution in [-0.2, 0) is 0 Å². The number of rotatable bonds is 2. The van der Waals surface area contributed by atoms with Gasteiger partial charge in [0.15, 0.2) is 0 Å². The molecule has 2 N–H and O–H groups in total. The normalized spacial score (nSPS) is 17.3. The van der Waals surface area contributed by atoms with E-state index in [1.165, 1.54) is 0 Å². The topological polar surface area (TPSA) is 86.7 Å². The van der Waals surface area contributed by atoms with Gasteiger partial charge in [-0.15, -0.1) is 0 Å². The lowest BCUT2D eigenvalue weighted by molar-refractivity contribution is 0.103. The summed E-state index contributed by atoms with van der Waals surface area (Å²) in [5.74, 6) is -0.235. The third-order valence-corrected chi connectivity index (χ3v) is 7.33. The Morgan fingerprint density at radius 1 is 0.658 bits per heavy atom. The van der Waals surface area contributed by atoms with E-state index in [2.05, 4.69) is 10.3 Å². The number of allylic oxidation sites excluding steroid dienone is 2. The number of hydrogen-bond acceptors (Lipinski definition) is 5. The average molecular weight is 491 g/mol. The van der Waals surface area contributed by atoms with Gasteiger partial charge in [0.25, 0.3) is 0 Å². The first-order valence-electron chi connectivity index (χ1n) is 12.4. The Kier molecular flexibility index (Phi) is 4.14. The monoisotopic (exact) mass is 490 g/mol. The molecule has 4 heterocycles. The Balaban J connectivity index is 1.45. The number of Topliss-reactive ketones (excluding diaryl/α,β-unsaturated/α-hetero) is 2. The lowest BCUT2D eigenvalue weighted by atomic mass is 9.93. The molecule has 0 amide bonds. The molecule has 6 nitrogen and oxygen atoms in total. The Morgan fingerprint density at radius 2 is 1.39 bits per heavy atom. The first-order chi connectivity index (χ1) is 18.7. The van der Waals surface area contributed by atoms with Gasteiger partial charge in [-0.3, -0.25) is 9.59 Å². The first-order valence-corrected chi connectivity index (χ1v) is 12.4. The van der Waals surface area contributed by atoms with Crippen LogP contribution < -0.4 is 15.9 Å². The number of hydrogen-bond donors (Lipinski definition) is 2. The average Bonchev–Trinajstić information content (AvgIpc) is 3.69. The SMILES string of the molecule is O=C1C(c2[nH]c3ccccc3c2C2=c3ccccc3=N/C2=C2/Nc3ccccc3C2=O)=Nc2ccccc21. The Labute approximate surface area is 216 Å². The van der Waals surface area contributed by atoms with E-state index >= 15 is 0 Å². The highest BCUT2D eigenvalue weighted by atomic mass is 16.1. The van der Waals surface area contributed by atoms with Gasteiger partial charge >= 0.3 is 0 Å². The summed E-state index contributed by atoms with van der Waals surface area (Å²) >= 11 is 0. The zero-order chi connectivity index (χ0) is 25.4. The van der Waals surface area contributed by atoms with Gasteiger partial charge in [0.05, 0.1) is 22.4 Å². The molecular formula is C32H18N4O2. The highest BCUT2D eigenvalue weighted by Gasteiger charge is 2.35. The fraction of sp³-hybridized carbons (Fsp3) is 0. The number of aromatic amines is 1. The van der Waals surface area contributed by atoms with Crippen molar-refractivity contribution >= 4 is 45.1 Å². The zero-order valence-electron chi connectivity index (χ0n) is 19.9. The summed E-state index contributed by atoms with van der Waals surface area (Å²) in [4.78, 5) is 40.3. The van der Waals surface area contributed by atoms with Crippen molar-refractivity contribution < 1.29 is 9.59 Å². The number of anilines is 1. The third-order valence-electron chi connectivity index (χ3n) is 7.33. The van der Waals surface area contributed by atoms with E-state index < -0.39 is 0 Å². The first kappa shape index (κ1) is 20.8. The van der Waals surface area contributed by atoms with Crippen LogP contribution >= 0.6 is 0 Å². The quantitative estimate of drug-likeness (QED) is 0.347. The Bertz CT molecular complexity index is 2100. The van der Waals surface area contributed by atoms with E-state index in [0.717, 1.165) is 38.3 Å². The lowest BCUT2D eigenvalue weighted by Crippen LogP contribution is -2.23. The number of carbonyl (C=O) groups excluding carboxylic acids is 2. The number of nitrogens with one attached hydrogen (secondary N) is 2. The van der Waals surface area contributed by atoms with Gasteiger partial charge in [0, 0.05) is 44.1 Å². The minimum absolute atomic E-state index is 0.104. The number of nitrogens with zero attached hydrogens (tertiary/aromatic N) is 2. The summed E-state index contributed by atoms with van der Waals surface area (Å²) in [6, 6.07) is 30.6. The predicted octanol–water partition coefficient (Wildman–Crippen LogP) is 4.84. The molecule has 1 aromatic heterocycles. The van der Waals surface area contributed by atoms with Crippen LogP contribution in [0.4, 0.5) is 11.4 Å². The molecule has 0 atom stereocenters. The van der Waals surface area contributed by atoms with Crippen LogP contribution in [0.3, 0.4) is 0 Å². The van der Waals surface area contributed by atoms with E-state index in [1.54, 1.807) is 6.07 Å². The number of ketones is 2. The van der Waals surface area contributed by atoms with Gasteiger partial charge in [0.2, 0.25) is 11.6 Å². The molecule has 0 saturated carbocycles. The van der Waals surface area contributed by atoms with Gasteiger partial charge in [-0.25, -0.2) is 9.98 Å². The van der Waals surface area contributed by atoms with Crippen molar-refractivity contribution in [1.29, 1.82) is 0 Å². The molecule has 5 aromatic rings. The van der Waals surface area contributed by atoms with Crippen LogP contribution in [0.25, 0.3) is 16.5 Å². The zero-order valence-corrected chi connectivity index (χ0v) is 19.9. The summed E-state index contributed by atoms with van der Waals surface area (Å²) in [6.07, 6.45) is 0. The van der Waals surface area contributed by atoms with Crippen LogP contribution in [0, 0.1) is 0 Å². The number of para-hydroxylation sites is 4. The maximum absolute atomic E-state index is 13.6. The third kappa shape index (κ3) is 2.77. The highest BCUT2D eigenvalue weighted by Crippen LogP contribution is 2.40. The molecule has 0 spiro atoms. The van der Waals surface area contributed by atoms with Crippen molar-refractivity contribution in [2.45, 2.75) is 0 Å². The maximum atomic E-state index is 13.6. The predicted molar refractivity (Wildman–Crippen MR) is 146 cm³/mol. The molecule has 0 aliphatic carbocycles. The van der Waals surface area contributed by atoms with Crippen LogP contribution in [0.15, 0.2) is 118 Å². The lowest BCUT2D eigenvalue weighted by Gasteiger charge is -2.11. The standard InChI is InChI=1S/C32H18N4O2/c37-31-19-11-3-7-15-23(19)35-29(31)27-25(17-9-1-5-13-21(17)33-27)26-18-10-2-6-14-22(18)34-28(26)30-32(38)20-12-4-8-16-24(20)36-30/h1-16,33,36H/b30-28+. The van der Waals surface area contributed by atoms with Crippen molar-refractivity contribution in [1.82, 2.24) is 4.98 Å². The van der Waals surface area contributed by atoms with Gasteiger partial charge in [-0.1, -0.05) is 60.7 Å². The van der Waals surface area contributed by atoms with Crippen molar-refractivity contribution in [2.24, 2.45) is 9.98 Å². The van der Waals surface area contributed by atoms with E-state index in [0.29, 0.717) is 39.6 Å². The fourth-order valence-corrected chi connectivity index (χ4v) is 5.61. The molecule has 3 aliphatic heterocycles. The van der Waals surface area contributed by atoms with Crippen molar-refractivity contribution in [3.05, 3.63) is 141 Å². The molecule has 178 valence electrons. The summed E-state index contributed by atoms with van der Waals surface area (Å²) in [6.45, 7) is 0. The number of aromatic nitrogens is 1. The molecule has 8 rings (SSSR count). The molecule has 3 aliphatic rings. The molecule has 0 unspecified atom stereocenters. The second-order valence-electron chi connectivity index (χ2n) is 9.45. The molecule has 6 heteroatoms. The molecular weight excluding hydrogens is 472 g/mol. The van der Waals surface area contributed by atoms with E-state index in [-0.39, 0.29) is 11.6 Å². The molecule has 0 radical (unpaired) electrons. The van der Waals surface area contributed by atoms with Crippen molar-refractivity contribution in [2.75, 3.05) is 5.32 Å². The number of carbonyl (C=O) groups is 2. The van der Waals surface area contributed by atoms with Crippen LogP contribution in [0.5, 0.6) is 0 Å². The van der Waals surface area contributed by atoms with Gasteiger partial charge in [0.1, 0.15) is 11.4 Å². The summed E-state index contributed by atoms with van der Waals surface area (Å²) in [5.41, 5.74) is 7.04. The van der Waals surface area contributed by atoms with Gasteiger partial charge < -0.3 is 10.3 Å². The number of aliphatic imine (C=N–C) groups is 1. The minimum Gasteiger partial charge on any atom is -0.353 e. The van der Waals surface area contributed by atoms with E-state index in [9.17, 15) is 9.59 Å². The summed E-state index contributed by atoms with van der Waals surface area (Å²) in [7, 11) is 0. The number of benzene rings is 4. The van der Waals surface area contributed by atoms with E-state index in [4.69, 9.17) is 9.98 Å². The molecule has 0 bridgehead atoms. The van der Waals surface area contributed by atoms with Crippen LogP contribution in [0.2, 0.25) is 0 Å². The summed E-state index contributed by atoms with van der Waals surface area (Å²) < 4.78 is 0. The highest BCUT2D eigenvalue weighted by molar-refractivity contribution is 6.55. The fourth-order valence-electron chi connectivity index (χ4n) is 5.61. The van der Waals surface area contributed by atoms with Crippen molar-refractivity contribution in [3.63, 3.8) is 0 Å². The second kappa shape index (κ2) is 7.57. The van der Waals surface area contributed by atoms with Gasteiger partial charge in [-0.2, -0.15) is 0 Å². The summed E-state index contributed by atoms with van der Waals surface area (Å²) in [5, 5.41) is 5.92. The molecule has 0 fully saturated rings. The van der Waals surface area contributed by atoms with Gasteiger partial charge in [-0.05, 0) is 36.4 Å². The second-order valence-corrected chi connectivity index (χ2v) is 9.45. The largest absolute Gasteiger partial charge is 0.353 e. The van der Waals surface area contributed by atoms with E-state index in [1.807, 2.05) is 91.0 Å². The Morgan fingerprint density at radius 3 is 2.26 bits per heavy atom.